The van der Waals surface area contributed by atoms with Crippen molar-refractivity contribution >= 4 is 23.2 Å². The van der Waals surface area contributed by atoms with E-state index in [2.05, 4.69) is 115 Å². The lowest BCUT2D eigenvalue weighted by atomic mass is 9.77. The molecular formula is C28H29N3. The molecule has 2 atom stereocenters. The number of anilines is 2. The van der Waals surface area contributed by atoms with Crippen LogP contribution in [0.25, 0.3) is 6.08 Å². The normalized spacial score (nSPS) is 21.7. The van der Waals surface area contributed by atoms with Gasteiger partial charge in [0.25, 0.3) is 0 Å². The Kier molecular flexibility index (Phi) is 5.33. The lowest BCUT2D eigenvalue weighted by Crippen LogP contribution is -2.28. The summed E-state index contributed by atoms with van der Waals surface area (Å²) in [5.41, 5.74) is 7.62. The summed E-state index contributed by atoms with van der Waals surface area (Å²) in [6.07, 6.45) is 5.83. The predicted molar refractivity (Wildman–Crippen MR) is 132 cm³/mol. The van der Waals surface area contributed by atoms with E-state index in [1.54, 1.807) is 0 Å². The second-order valence-electron chi connectivity index (χ2n) is 8.68. The van der Waals surface area contributed by atoms with E-state index < -0.39 is 0 Å². The Morgan fingerprint density at radius 2 is 1.55 bits per heavy atom. The lowest BCUT2D eigenvalue weighted by molar-refractivity contribution is 0.488. The average molecular weight is 408 g/mol. The molecule has 0 spiro atoms. The van der Waals surface area contributed by atoms with Gasteiger partial charge < -0.3 is 4.90 Å². The minimum absolute atomic E-state index is 0.249. The molecule has 0 bridgehead atoms. The van der Waals surface area contributed by atoms with Crippen molar-refractivity contribution in [1.82, 2.24) is 0 Å². The molecule has 156 valence electrons. The molecule has 1 aliphatic carbocycles. The van der Waals surface area contributed by atoms with Gasteiger partial charge in [-0.1, -0.05) is 60.7 Å². The molecule has 2 aliphatic rings. The van der Waals surface area contributed by atoms with Crippen LogP contribution in [0.1, 0.15) is 36.4 Å². The van der Waals surface area contributed by atoms with Crippen molar-refractivity contribution in [3.8, 4) is 0 Å². The maximum Gasteiger partial charge on any atom is 0.0859 e. The first-order chi connectivity index (χ1) is 15.2. The molecule has 3 heteroatoms. The largest absolute Gasteiger partial charge is 0.378 e. The van der Waals surface area contributed by atoms with E-state index >= 15 is 0 Å². The highest BCUT2D eigenvalue weighted by Crippen LogP contribution is 2.46. The Morgan fingerprint density at radius 1 is 0.871 bits per heavy atom. The monoisotopic (exact) mass is 407 g/mol. The summed E-state index contributed by atoms with van der Waals surface area (Å²) in [6.45, 7) is 0. The Bertz CT molecular complexity index is 1080. The number of rotatable bonds is 4. The van der Waals surface area contributed by atoms with Crippen LogP contribution in [0.15, 0.2) is 95.6 Å². The molecule has 31 heavy (non-hydrogen) atoms. The molecule has 3 nitrogen and oxygen atoms in total. The molecule has 0 radical (unpaired) electrons. The molecule has 1 saturated carbocycles. The van der Waals surface area contributed by atoms with E-state index in [4.69, 9.17) is 5.10 Å². The van der Waals surface area contributed by atoms with Crippen molar-refractivity contribution in [2.24, 2.45) is 11.0 Å². The molecule has 0 amide bonds. The summed E-state index contributed by atoms with van der Waals surface area (Å²) in [6, 6.07) is 30.5. The molecule has 1 fully saturated rings. The summed E-state index contributed by atoms with van der Waals surface area (Å²) in [5, 5.41) is 7.49. The summed E-state index contributed by atoms with van der Waals surface area (Å²) >= 11 is 0. The molecule has 5 rings (SSSR count). The van der Waals surface area contributed by atoms with Crippen molar-refractivity contribution in [2.45, 2.75) is 25.3 Å². The Morgan fingerprint density at radius 3 is 2.23 bits per heavy atom. The number of benzene rings is 3. The van der Waals surface area contributed by atoms with E-state index in [1.807, 2.05) is 0 Å². The quantitative estimate of drug-likeness (QED) is 0.488. The third-order valence-electron chi connectivity index (χ3n) is 6.41. The van der Waals surface area contributed by atoms with Gasteiger partial charge in [-0.15, -0.1) is 0 Å². The first kappa shape index (κ1) is 19.6. The molecule has 3 aromatic carbocycles. The molecule has 0 N–H and O–H groups in total. The van der Waals surface area contributed by atoms with Gasteiger partial charge in [0.2, 0.25) is 0 Å². The number of hydrogen-bond acceptors (Lipinski definition) is 3. The topological polar surface area (TPSA) is 18.8 Å². The minimum Gasteiger partial charge on any atom is -0.378 e. The van der Waals surface area contributed by atoms with Gasteiger partial charge in [-0.2, -0.15) is 5.10 Å². The van der Waals surface area contributed by atoms with Gasteiger partial charge in [-0.25, -0.2) is 0 Å². The van der Waals surface area contributed by atoms with Crippen LogP contribution in [-0.2, 0) is 0 Å². The van der Waals surface area contributed by atoms with Crippen molar-refractivity contribution < 1.29 is 0 Å². The van der Waals surface area contributed by atoms with Gasteiger partial charge in [0.05, 0.1) is 17.4 Å². The fourth-order valence-corrected chi connectivity index (χ4v) is 4.85. The van der Waals surface area contributed by atoms with Gasteiger partial charge in [-0.05, 0) is 66.3 Å². The van der Waals surface area contributed by atoms with Crippen LogP contribution in [0.4, 0.5) is 11.4 Å². The van der Waals surface area contributed by atoms with Crippen molar-refractivity contribution in [2.75, 3.05) is 24.0 Å². The summed E-state index contributed by atoms with van der Waals surface area (Å²) in [7, 11) is 4.16. The Balaban J connectivity index is 1.54. The molecule has 0 unspecified atom stereocenters. The van der Waals surface area contributed by atoms with Crippen LogP contribution in [-0.4, -0.2) is 19.8 Å². The lowest BCUT2D eigenvalue weighted by Gasteiger charge is -2.30. The molecule has 0 aromatic heterocycles. The smallest absolute Gasteiger partial charge is 0.0859 e. The maximum absolute atomic E-state index is 5.23. The van der Waals surface area contributed by atoms with Crippen molar-refractivity contribution in [3.63, 3.8) is 0 Å². The Hall–Kier alpha value is -3.33. The van der Waals surface area contributed by atoms with Crippen molar-refractivity contribution in [3.05, 3.63) is 102 Å². The van der Waals surface area contributed by atoms with Crippen LogP contribution in [0.3, 0.4) is 0 Å². The van der Waals surface area contributed by atoms with Gasteiger partial charge in [0.1, 0.15) is 0 Å². The number of allylic oxidation sites excluding steroid dienone is 1. The molecule has 1 heterocycles. The summed E-state index contributed by atoms with van der Waals surface area (Å²) in [4.78, 5) is 2.14. The number of hydrazone groups is 1. The standard InChI is InChI=1S/C28H29N3/c1-30(2)24-18-16-21(17-19-24)20-23-12-9-15-26-27(23)29-31(25-13-7-4-8-14-25)28(26)22-10-5-3-6-11-22/h3-8,10-11,13-14,16-20,26,28H,9,12,15H2,1-2H3/b23-20-/t26-,28+/m0/s1. The summed E-state index contributed by atoms with van der Waals surface area (Å²) in [5.74, 6) is 0.420. The highest BCUT2D eigenvalue weighted by Gasteiger charge is 2.41. The first-order valence-corrected chi connectivity index (χ1v) is 11.2. The molecule has 1 aliphatic heterocycles. The minimum atomic E-state index is 0.249. The second kappa shape index (κ2) is 8.43. The van der Waals surface area contributed by atoms with Crippen LogP contribution in [0.2, 0.25) is 0 Å². The van der Waals surface area contributed by atoms with Crippen LogP contribution in [0.5, 0.6) is 0 Å². The fraction of sp³-hybridized carbons (Fsp3) is 0.250. The number of hydrogen-bond donors (Lipinski definition) is 0. The number of nitrogens with zero attached hydrogens (tertiary/aromatic N) is 3. The Labute approximate surface area is 185 Å². The van der Waals surface area contributed by atoms with E-state index in [9.17, 15) is 0 Å². The van der Waals surface area contributed by atoms with E-state index in [0.29, 0.717) is 5.92 Å². The van der Waals surface area contributed by atoms with Crippen LogP contribution >= 0.6 is 0 Å². The van der Waals surface area contributed by atoms with Gasteiger partial charge in [0.15, 0.2) is 0 Å². The van der Waals surface area contributed by atoms with Crippen LogP contribution < -0.4 is 9.91 Å². The highest BCUT2D eigenvalue weighted by atomic mass is 15.5. The van der Waals surface area contributed by atoms with Gasteiger partial charge in [-0.3, -0.25) is 5.01 Å². The molecular weight excluding hydrogens is 378 g/mol. The molecule has 3 aromatic rings. The zero-order valence-corrected chi connectivity index (χ0v) is 18.3. The zero-order chi connectivity index (χ0) is 21.2. The summed E-state index contributed by atoms with van der Waals surface area (Å²) < 4.78 is 0. The predicted octanol–water partition coefficient (Wildman–Crippen LogP) is 6.55. The van der Waals surface area contributed by atoms with E-state index in [0.717, 1.165) is 12.1 Å². The third kappa shape index (κ3) is 3.88. The zero-order valence-electron chi connectivity index (χ0n) is 18.3. The van der Waals surface area contributed by atoms with Gasteiger partial charge >= 0.3 is 0 Å². The fourth-order valence-electron chi connectivity index (χ4n) is 4.85. The van der Waals surface area contributed by atoms with Crippen LogP contribution in [0, 0.1) is 5.92 Å². The number of fused-ring (bicyclic) bond motifs is 1. The van der Waals surface area contributed by atoms with Gasteiger partial charge in [0, 0.05) is 25.7 Å². The average Bonchev–Trinajstić information content (AvgIpc) is 3.21. The first-order valence-electron chi connectivity index (χ1n) is 11.2. The third-order valence-corrected chi connectivity index (χ3v) is 6.41. The van der Waals surface area contributed by atoms with E-state index in [-0.39, 0.29) is 6.04 Å². The second-order valence-corrected chi connectivity index (χ2v) is 8.68. The van der Waals surface area contributed by atoms with E-state index in [1.165, 1.54) is 40.9 Å². The van der Waals surface area contributed by atoms with Crippen molar-refractivity contribution in [1.29, 1.82) is 0 Å². The highest BCUT2D eigenvalue weighted by molar-refractivity contribution is 6.08. The maximum atomic E-state index is 5.23. The molecule has 0 saturated heterocycles. The SMILES string of the molecule is CN(C)c1ccc(/C=C2/CCC[C@H]3C2=NN(c2ccccc2)[C@@H]3c2ccccc2)cc1. The number of para-hydroxylation sites is 1.